The number of carbonyl (C=O) groups excluding carboxylic acids is 1. The van der Waals surface area contributed by atoms with E-state index in [1.807, 2.05) is 18.2 Å². The quantitative estimate of drug-likeness (QED) is 0.817. The first-order valence-electron chi connectivity index (χ1n) is 10.1. The van der Waals surface area contributed by atoms with E-state index in [-0.39, 0.29) is 5.91 Å². The van der Waals surface area contributed by atoms with Gasteiger partial charge in [0.1, 0.15) is 5.52 Å². The van der Waals surface area contributed by atoms with E-state index in [0.29, 0.717) is 29.1 Å². The topological polar surface area (TPSA) is 58.6 Å². The zero-order chi connectivity index (χ0) is 18.2. The van der Waals surface area contributed by atoms with E-state index >= 15 is 0 Å². The third-order valence-corrected chi connectivity index (χ3v) is 6.44. The van der Waals surface area contributed by atoms with E-state index in [1.54, 1.807) is 12.4 Å². The number of amides is 1. The summed E-state index contributed by atoms with van der Waals surface area (Å²) in [6.07, 6.45) is 7.91. The molecule has 142 valence electrons. The molecule has 0 unspecified atom stereocenters. The van der Waals surface area contributed by atoms with Crippen molar-refractivity contribution in [2.45, 2.75) is 37.8 Å². The van der Waals surface area contributed by atoms with Gasteiger partial charge >= 0.3 is 0 Å². The van der Waals surface area contributed by atoms with Crippen LogP contribution in [0, 0.1) is 5.92 Å². The standard InChI is InChI=1S/C21H26N4O2/c26-21(18-2-1-3-19-20(18)23-9-8-22-19)25-13-15-4-5-17(25)14-24(12-15)16-6-10-27-11-7-16/h1-3,8-9,15-17H,4-7,10-14H2/t15-,17+/m0/s1. The molecule has 4 aliphatic heterocycles. The van der Waals surface area contributed by atoms with E-state index in [2.05, 4.69) is 19.8 Å². The Kier molecular flexibility index (Phi) is 4.53. The van der Waals surface area contributed by atoms with Crippen molar-refractivity contribution in [3.8, 4) is 0 Å². The number of benzene rings is 1. The molecule has 4 saturated heterocycles. The second-order valence-electron chi connectivity index (χ2n) is 8.08. The van der Waals surface area contributed by atoms with Gasteiger partial charge in [0.15, 0.2) is 0 Å². The smallest absolute Gasteiger partial charge is 0.256 e. The molecule has 4 fully saturated rings. The Hall–Kier alpha value is -2.05. The Morgan fingerprint density at radius 1 is 0.963 bits per heavy atom. The zero-order valence-electron chi connectivity index (χ0n) is 15.6. The number of rotatable bonds is 2. The van der Waals surface area contributed by atoms with Crippen LogP contribution in [0.2, 0.25) is 0 Å². The molecule has 27 heavy (non-hydrogen) atoms. The first kappa shape index (κ1) is 17.1. The predicted octanol–water partition coefficient (Wildman–Crippen LogP) is 2.35. The van der Waals surface area contributed by atoms with Gasteiger partial charge in [-0.15, -0.1) is 0 Å². The molecule has 0 spiro atoms. The lowest BCUT2D eigenvalue weighted by Crippen LogP contribution is -2.48. The number of aromatic nitrogens is 2. The minimum Gasteiger partial charge on any atom is -0.381 e. The minimum atomic E-state index is 0.115. The fourth-order valence-corrected chi connectivity index (χ4v) is 5.04. The summed E-state index contributed by atoms with van der Waals surface area (Å²) < 4.78 is 5.55. The average molecular weight is 366 g/mol. The Morgan fingerprint density at radius 2 is 1.81 bits per heavy atom. The predicted molar refractivity (Wildman–Crippen MR) is 103 cm³/mol. The van der Waals surface area contributed by atoms with Crippen molar-refractivity contribution in [1.29, 1.82) is 0 Å². The number of carbonyl (C=O) groups is 1. The van der Waals surface area contributed by atoms with Crippen LogP contribution in [0.25, 0.3) is 11.0 Å². The molecule has 0 aliphatic carbocycles. The minimum absolute atomic E-state index is 0.115. The van der Waals surface area contributed by atoms with Gasteiger partial charge in [-0.1, -0.05) is 6.07 Å². The van der Waals surface area contributed by atoms with Crippen LogP contribution < -0.4 is 0 Å². The van der Waals surface area contributed by atoms with Crippen molar-refractivity contribution in [3.05, 3.63) is 36.2 Å². The summed E-state index contributed by atoms with van der Waals surface area (Å²) >= 11 is 0. The van der Waals surface area contributed by atoms with Gasteiger partial charge in [-0.2, -0.15) is 0 Å². The second kappa shape index (κ2) is 7.17. The molecular weight excluding hydrogens is 340 g/mol. The first-order valence-corrected chi connectivity index (χ1v) is 10.1. The molecule has 0 radical (unpaired) electrons. The van der Waals surface area contributed by atoms with Crippen molar-refractivity contribution in [1.82, 2.24) is 19.8 Å². The molecule has 6 rings (SSSR count). The van der Waals surface area contributed by atoms with Gasteiger partial charge in [-0.3, -0.25) is 19.7 Å². The molecule has 2 bridgehead atoms. The molecule has 1 aromatic heterocycles. The number of hydrogen-bond donors (Lipinski definition) is 0. The fourth-order valence-electron chi connectivity index (χ4n) is 5.04. The van der Waals surface area contributed by atoms with Gasteiger partial charge in [0.25, 0.3) is 5.91 Å². The number of hydrogen-bond acceptors (Lipinski definition) is 5. The lowest BCUT2D eigenvalue weighted by atomic mass is 9.94. The highest BCUT2D eigenvalue weighted by Gasteiger charge is 2.39. The first-order chi connectivity index (χ1) is 13.3. The van der Waals surface area contributed by atoms with Gasteiger partial charge in [0.05, 0.1) is 11.1 Å². The molecule has 6 nitrogen and oxygen atoms in total. The van der Waals surface area contributed by atoms with Crippen molar-refractivity contribution in [3.63, 3.8) is 0 Å². The van der Waals surface area contributed by atoms with E-state index in [0.717, 1.165) is 57.6 Å². The van der Waals surface area contributed by atoms with Crippen LogP contribution in [-0.4, -0.2) is 70.6 Å². The summed E-state index contributed by atoms with van der Waals surface area (Å²) in [6, 6.07) is 6.63. The van der Waals surface area contributed by atoms with Crippen LogP contribution in [0.1, 0.15) is 36.0 Å². The Morgan fingerprint density at radius 3 is 2.70 bits per heavy atom. The van der Waals surface area contributed by atoms with Crippen LogP contribution in [0.4, 0.5) is 0 Å². The molecule has 1 amide bonds. The molecule has 0 N–H and O–H groups in total. The maximum Gasteiger partial charge on any atom is 0.256 e. The SMILES string of the molecule is O=C(c1cccc2nccnc12)N1C[C@H]2CC[C@@H]1CN(C1CCOCC1)C2. The van der Waals surface area contributed by atoms with E-state index in [9.17, 15) is 4.79 Å². The molecule has 0 saturated carbocycles. The molecule has 5 heterocycles. The molecule has 1 aromatic carbocycles. The number of fused-ring (bicyclic) bond motifs is 5. The number of nitrogens with zero attached hydrogens (tertiary/aromatic N) is 4. The van der Waals surface area contributed by atoms with Gasteiger partial charge in [0.2, 0.25) is 0 Å². The molecular formula is C21H26N4O2. The average Bonchev–Trinajstić information content (AvgIpc) is 3.06. The molecule has 2 atom stereocenters. The highest BCUT2D eigenvalue weighted by Crippen LogP contribution is 2.32. The summed E-state index contributed by atoms with van der Waals surface area (Å²) in [6.45, 7) is 4.70. The lowest BCUT2D eigenvalue weighted by Gasteiger charge is -2.37. The van der Waals surface area contributed by atoms with Gasteiger partial charge in [0, 0.05) is 57.3 Å². The van der Waals surface area contributed by atoms with Crippen molar-refractivity contribution >= 4 is 16.9 Å². The van der Waals surface area contributed by atoms with Crippen LogP contribution in [-0.2, 0) is 4.74 Å². The van der Waals surface area contributed by atoms with Gasteiger partial charge in [-0.25, -0.2) is 0 Å². The fraction of sp³-hybridized carbons (Fsp3) is 0.571. The molecule has 4 aliphatic rings. The summed E-state index contributed by atoms with van der Waals surface area (Å²) in [5.41, 5.74) is 2.18. The maximum absolute atomic E-state index is 13.5. The highest BCUT2D eigenvalue weighted by atomic mass is 16.5. The van der Waals surface area contributed by atoms with Crippen LogP contribution >= 0.6 is 0 Å². The monoisotopic (exact) mass is 366 g/mol. The number of piperidine rings is 1. The summed E-state index contributed by atoms with van der Waals surface area (Å²) in [4.78, 5) is 27.0. The Balaban J connectivity index is 1.41. The second-order valence-corrected chi connectivity index (χ2v) is 8.08. The van der Waals surface area contributed by atoms with Crippen molar-refractivity contribution in [2.75, 3.05) is 32.8 Å². The number of para-hydroxylation sites is 1. The maximum atomic E-state index is 13.5. The molecule has 6 heteroatoms. The third-order valence-electron chi connectivity index (χ3n) is 6.44. The molecule has 2 aromatic rings. The van der Waals surface area contributed by atoms with Crippen molar-refractivity contribution < 1.29 is 9.53 Å². The van der Waals surface area contributed by atoms with E-state index in [1.165, 1.54) is 6.42 Å². The zero-order valence-corrected chi connectivity index (χ0v) is 15.6. The Labute approximate surface area is 159 Å². The highest BCUT2D eigenvalue weighted by molar-refractivity contribution is 6.04. The largest absolute Gasteiger partial charge is 0.381 e. The Bertz CT molecular complexity index is 831. The summed E-state index contributed by atoms with van der Waals surface area (Å²) in [5, 5.41) is 0. The summed E-state index contributed by atoms with van der Waals surface area (Å²) in [5.74, 6) is 0.682. The van der Waals surface area contributed by atoms with Gasteiger partial charge < -0.3 is 9.64 Å². The summed E-state index contributed by atoms with van der Waals surface area (Å²) in [7, 11) is 0. The van der Waals surface area contributed by atoms with E-state index in [4.69, 9.17) is 4.74 Å². The normalized spacial score (nSPS) is 27.0. The van der Waals surface area contributed by atoms with Crippen LogP contribution in [0.5, 0.6) is 0 Å². The number of ether oxygens (including phenoxy) is 1. The van der Waals surface area contributed by atoms with E-state index < -0.39 is 0 Å². The van der Waals surface area contributed by atoms with Gasteiger partial charge in [-0.05, 0) is 43.7 Å². The third kappa shape index (κ3) is 3.21. The van der Waals surface area contributed by atoms with Crippen LogP contribution in [0.15, 0.2) is 30.6 Å². The lowest BCUT2D eigenvalue weighted by molar-refractivity contribution is 0.0304. The van der Waals surface area contributed by atoms with Crippen molar-refractivity contribution in [2.24, 2.45) is 5.92 Å². The van der Waals surface area contributed by atoms with Crippen LogP contribution in [0.3, 0.4) is 0 Å².